The molecule has 1 amide bonds. The summed E-state index contributed by atoms with van der Waals surface area (Å²) >= 11 is 0. The molecular weight excluding hydrogens is 278 g/mol. The predicted octanol–water partition coefficient (Wildman–Crippen LogP) is 4.33. The van der Waals surface area contributed by atoms with E-state index in [0.29, 0.717) is 0 Å². The summed E-state index contributed by atoms with van der Waals surface area (Å²) in [5.41, 5.74) is 1.29. The van der Waals surface area contributed by atoms with Crippen molar-refractivity contribution in [2.24, 2.45) is 5.41 Å². The molecule has 120 valence electrons. The van der Waals surface area contributed by atoms with Crippen LogP contribution >= 0.6 is 0 Å². The van der Waals surface area contributed by atoms with E-state index in [2.05, 4.69) is 5.32 Å². The van der Waals surface area contributed by atoms with Gasteiger partial charge in [-0.2, -0.15) is 0 Å². The molecule has 2 rings (SSSR count). The van der Waals surface area contributed by atoms with Crippen molar-refractivity contribution < 1.29 is 14.7 Å². The van der Waals surface area contributed by atoms with Gasteiger partial charge in [0, 0.05) is 17.2 Å². The molecule has 1 fully saturated rings. The third-order valence-electron chi connectivity index (χ3n) is 3.84. The number of carboxylic acid groups (broad SMARTS) is 1. The Kier molecular flexibility index (Phi) is 6.83. The van der Waals surface area contributed by atoms with Crippen LogP contribution in [-0.4, -0.2) is 17.0 Å². The van der Waals surface area contributed by atoms with Crippen molar-refractivity contribution in [3.8, 4) is 0 Å². The van der Waals surface area contributed by atoms with E-state index in [9.17, 15) is 9.59 Å². The van der Waals surface area contributed by atoms with Gasteiger partial charge in [-0.3, -0.25) is 4.79 Å². The summed E-state index contributed by atoms with van der Waals surface area (Å²) in [5, 5.41) is 11.5. The fourth-order valence-electron chi connectivity index (χ4n) is 2.51. The quantitative estimate of drug-likeness (QED) is 0.814. The van der Waals surface area contributed by atoms with Crippen molar-refractivity contribution in [1.82, 2.24) is 0 Å². The zero-order valence-corrected chi connectivity index (χ0v) is 13.6. The second-order valence-corrected chi connectivity index (χ2v) is 5.52. The molecule has 0 atom stereocenters. The van der Waals surface area contributed by atoms with Crippen molar-refractivity contribution in [2.75, 3.05) is 5.32 Å². The fourth-order valence-corrected chi connectivity index (χ4v) is 2.51. The van der Waals surface area contributed by atoms with Gasteiger partial charge in [0.2, 0.25) is 5.91 Å². The van der Waals surface area contributed by atoms with Crippen LogP contribution in [0.5, 0.6) is 0 Å². The third kappa shape index (κ3) is 5.02. The number of nitrogens with one attached hydrogen (secondary N) is 1. The predicted molar refractivity (Wildman–Crippen MR) is 89.7 cm³/mol. The summed E-state index contributed by atoms with van der Waals surface area (Å²) < 4.78 is 0. The van der Waals surface area contributed by atoms with E-state index in [1.165, 1.54) is 6.08 Å². The number of carbonyl (C=O) groups excluding carboxylic acids is 1. The Morgan fingerprint density at radius 1 is 1.14 bits per heavy atom. The first-order valence-electron chi connectivity index (χ1n) is 7.82. The van der Waals surface area contributed by atoms with Gasteiger partial charge < -0.3 is 10.4 Å². The molecule has 1 aromatic carbocycles. The Bertz CT molecular complexity index is 526. The second-order valence-electron chi connectivity index (χ2n) is 5.52. The average molecular weight is 303 g/mol. The Balaban J connectivity index is 0.00000116. The zero-order chi connectivity index (χ0) is 16.6. The minimum absolute atomic E-state index is 0.0730. The molecule has 4 heteroatoms. The van der Waals surface area contributed by atoms with Crippen molar-refractivity contribution in [2.45, 2.75) is 46.5 Å². The molecule has 1 aliphatic carbocycles. The molecular formula is C18H25NO3. The molecule has 0 unspecified atom stereocenters. The zero-order valence-electron chi connectivity index (χ0n) is 13.6. The Morgan fingerprint density at radius 2 is 1.68 bits per heavy atom. The number of carboxylic acids is 1. The number of carbonyl (C=O) groups is 2. The van der Waals surface area contributed by atoms with Gasteiger partial charge in [-0.25, -0.2) is 4.79 Å². The summed E-state index contributed by atoms with van der Waals surface area (Å²) in [6, 6.07) is 7.15. The van der Waals surface area contributed by atoms with Crippen LogP contribution in [0.25, 0.3) is 6.08 Å². The molecule has 0 heterocycles. The number of hydrogen-bond donors (Lipinski definition) is 2. The van der Waals surface area contributed by atoms with E-state index >= 15 is 0 Å². The van der Waals surface area contributed by atoms with Crippen LogP contribution in [0.1, 0.15) is 52.0 Å². The van der Waals surface area contributed by atoms with Crippen LogP contribution in [0.4, 0.5) is 5.69 Å². The van der Waals surface area contributed by atoms with Gasteiger partial charge in [-0.1, -0.05) is 45.7 Å². The Hall–Kier alpha value is -2.10. The molecule has 1 aromatic rings. The number of amides is 1. The Labute approximate surface area is 132 Å². The summed E-state index contributed by atoms with van der Waals surface area (Å²) in [6.07, 6.45) is 6.72. The van der Waals surface area contributed by atoms with Crippen LogP contribution in [0.2, 0.25) is 0 Å². The second kappa shape index (κ2) is 8.37. The third-order valence-corrected chi connectivity index (χ3v) is 3.84. The first kappa shape index (κ1) is 18.0. The molecule has 22 heavy (non-hydrogen) atoms. The van der Waals surface area contributed by atoms with Crippen LogP contribution in [0, 0.1) is 5.41 Å². The summed E-state index contributed by atoms with van der Waals surface area (Å²) in [7, 11) is 0. The SMILES string of the molecule is CC.CC1(C(=O)Nc2ccc(/C=C/C(=O)O)cc2)CCCC1. The van der Waals surface area contributed by atoms with Crippen LogP contribution in [-0.2, 0) is 9.59 Å². The highest BCUT2D eigenvalue weighted by atomic mass is 16.4. The van der Waals surface area contributed by atoms with Crippen molar-refractivity contribution in [3.63, 3.8) is 0 Å². The van der Waals surface area contributed by atoms with E-state index in [1.807, 2.05) is 20.8 Å². The van der Waals surface area contributed by atoms with E-state index in [-0.39, 0.29) is 11.3 Å². The number of hydrogen-bond acceptors (Lipinski definition) is 2. The lowest BCUT2D eigenvalue weighted by atomic mass is 9.88. The summed E-state index contributed by atoms with van der Waals surface area (Å²) in [4.78, 5) is 22.7. The van der Waals surface area contributed by atoms with Gasteiger partial charge in [0.25, 0.3) is 0 Å². The topological polar surface area (TPSA) is 66.4 Å². The number of anilines is 1. The molecule has 4 nitrogen and oxygen atoms in total. The highest BCUT2D eigenvalue weighted by molar-refractivity contribution is 5.95. The smallest absolute Gasteiger partial charge is 0.328 e. The van der Waals surface area contributed by atoms with E-state index in [0.717, 1.165) is 43.0 Å². The van der Waals surface area contributed by atoms with Gasteiger partial charge in [0.15, 0.2) is 0 Å². The van der Waals surface area contributed by atoms with E-state index in [1.54, 1.807) is 24.3 Å². The van der Waals surface area contributed by atoms with Gasteiger partial charge in [-0.05, 0) is 36.6 Å². The molecule has 0 saturated heterocycles. The molecule has 0 aliphatic heterocycles. The maximum atomic E-state index is 12.2. The molecule has 0 radical (unpaired) electrons. The first-order chi connectivity index (χ1) is 10.5. The van der Waals surface area contributed by atoms with Gasteiger partial charge >= 0.3 is 5.97 Å². The molecule has 0 bridgehead atoms. The lowest BCUT2D eigenvalue weighted by Crippen LogP contribution is -2.30. The molecule has 1 aliphatic rings. The normalized spacial score (nSPS) is 16.0. The molecule has 1 saturated carbocycles. The monoisotopic (exact) mass is 303 g/mol. The van der Waals surface area contributed by atoms with Crippen molar-refractivity contribution in [3.05, 3.63) is 35.9 Å². The Morgan fingerprint density at radius 3 is 2.18 bits per heavy atom. The minimum atomic E-state index is -0.975. The maximum absolute atomic E-state index is 12.2. The number of aliphatic carboxylic acids is 1. The van der Waals surface area contributed by atoms with Crippen molar-refractivity contribution >= 4 is 23.6 Å². The fraction of sp³-hybridized carbons (Fsp3) is 0.444. The van der Waals surface area contributed by atoms with Crippen LogP contribution < -0.4 is 5.32 Å². The van der Waals surface area contributed by atoms with Gasteiger partial charge in [0.05, 0.1) is 0 Å². The molecule has 0 aromatic heterocycles. The minimum Gasteiger partial charge on any atom is -0.478 e. The number of benzene rings is 1. The van der Waals surface area contributed by atoms with E-state index < -0.39 is 5.97 Å². The van der Waals surface area contributed by atoms with Gasteiger partial charge in [0.1, 0.15) is 0 Å². The first-order valence-corrected chi connectivity index (χ1v) is 7.82. The largest absolute Gasteiger partial charge is 0.478 e. The average Bonchev–Trinajstić information content (AvgIpc) is 2.97. The summed E-state index contributed by atoms with van der Waals surface area (Å²) in [5.74, 6) is -0.902. The number of rotatable bonds is 4. The van der Waals surface area contributed by atoms with Crippen LogP contribution in [0.3, 0.4) is 0 Å². The summed E-state index contributed by atoms with van der Waals surface area (Å²) in [6.45, 7) is 6.01. The standard InChI is InChI=1S/C16H19NO3.C2H6/c1-16(10-2-3-11-16)15(20)17-13-7-4-12(5-8-13)6-9-14(18)19;1-2/h4-9H,2-3,10-11H2,1H3,(H,17,20)(H,18,19);1-2H3/b9-6+;. The van der Waals surface area contributed by atoms with Gasteiger partial charge in [-0.15, -0.1) is 0 Å². The van der Waals surface area contributed by atoms with Crippen molar-refractivity contribution in [1.29, 1.82) is 0 Å². The lowest BCUT2D eigenvalue weighted by molar-refractivity contribution is -0.131. The van der Waals surface area contributed by atoms with E-state index in [4.69, 9.17) is 5.11 Å². The van der Waals surface area contributed by atoms with Crippen LogP contribution in [0.15, 0.2) is 30.3 Å². The molecule has 0 spiro atoms. The highest BCUT2D eigenvalue weighted by Gasteiger charge is 2.36. The molecule has 2 N–H and O–H groups in total. The maximum Gasteiger partial charge on any atom is 0.328 e. The highest BCUT2D eigenvalue weighted by Crippen LogP contribution is 2.38. The lowest BCUT2D eigenvalue weighted by Gasteiger charge is -2.22.